The minimum absolute atomic E-state index is 0.666. The van der Waals surface area contributed by atoms with Crippen LogP contribution in [0.1, 0.15) is 30.0 Å². The number of aliphatic hydroxyl groups excluding tert-OH is 1. The third-order valence-corrected chi connectivity index (χ3v) is 6.38. The third kappa shape index (κ3) is 2.90. The van der Waals surface area contributed by atoms with Gasteiger partial charge < -0.3 is 5.11 Å². The van der Waals surface area contributed by atoms with Gasteiger partial charge in [0.05, 0.1) is 20.1 Å². The van der Waals surface area contributed by atoms with Crippen LogP contribution < -0.4 is 0 Å². The lowest BCUT2D eigenvalue weighted by Gasteiger charge is -2.12. The predicted molar refractivity (Wildman–Crippen MR) is 84.0 cm³/mol. The Labute approximate surface area is 135 Å². The highest BCUT2D eigenvalue weighted by Crippen LogP contribution is 2.39. The van der Waals surface area contributed by atoms with Crippen molar-refractivity contribution in [1.82, 2.24) is 9.78 Å². The number of nitrogens with zero attached hydrogens (tertiary/aromatic N) is 2. The monoisotopic (exact) mass is 456 g/mol. The molecule has 18 heavy (non-hydrogen) atoms. The van der Waals surface area contributed by atoms with E-state index in [9.17, 15) is 5.11 Å². The minimum atomic E-state index is -0.666. The number of rotatable bonds is 4. The van der Waals surface area contributed by atoms with E-state index >= 15 is 0 Å². The second-order valence-corrected chi connectivity index (χ2v) is 7.88. The molecule has 0 amide bonds. The molecule has 0 radical (unpaired) electrons. The summed E-state index contributed by atoms with van der Waals surface area (Å²) in [5.41, 5.74) is 0.804. The van der Waals surface area contributed by atoms with E-state index in [-0.39, 0.29) is 0 Å². The number of aliphatic hydroxyl groups is 1. The Kier molecular flexibility index (Phi) is 5.05. The Balaban J connectivity index is 2.38. The summed E-state index contributed by atoms with van der Waals surface area (Å²) in [5, 5.41) is 14.8. The molecule has 0 fully saturated rings. The Bertz CT molecular complexity index is 533. The van der Waals surface area contributed by atoms with Gasteiger partial charge >= 0.3 is 0 Å². The number of halogens is 3. The fourth-order valence-corrected chi connectivity index (χ4v) is 4.26. The van der Waals surface area contributed by atoms with Crippen molar-refractivity contribution in [3.63, 3.8) is 0 Å². The molecule has 0 aliphatic heterocycles. The van der Waals surface area contributed by atoms with Crippen molar-refractivity contribution in [2.24, 2.45) is 0 Å². The predicted octanol–water partition coefficient (Wildman–Crippen LogP) is 4.72. The molecule has 0 spiro atoms. The van der Waals surface area contributed by atoms with Crippen LogP contribution in [0.5, 0.6) is 0 Å². The molecule has 0 saturated carbocycles. The summed E-state index contributed by atoms with van der Waals surface area (Å²) in [6.07, 6.45) is 2.04. The first kappa shape index (κ1) is 14.7. The molecule has 2 heterocycles. The van der Waals surface area contributed by atoms with E-state index in [0.29, 0.717) is 0 Å². The Morgan fingerprint density at radius 2 is 2.11 bits per heavy atom. The van der Waals surface area contributed by atoms with Crippen molar-refractivity contribution in [1.29, 1.82) is 0 Å². The van der Waals surface area contributed by atoms with Gasteiger partial charge in [-0.2, -0.15) is 5.10 Å². The molecule has 3 nitrogen and oxygen atoms in total. The molecule has 0 saturated heterocycles. The molecule has 2 aromatic heterocycles. The molecular formula is C11H11Br3N2OS. The van der Waals surface area contributed by atoms with Gasteiger partial charge in [-0.15, -0.1) is 11.3 Å². The molecule has 0 bridgehead atoms. The fourth-order valence-electron chi connectivity index (χ4n) is 1.67. The van der Waals surface area contributed by atoms with Gasteiger partial charge in [0.1, 0.15) is 6.10 Å². The first-order valence-electron chi connectivity index (χ1n) is 5.38. The lowest BCUT2D eigenvalue weighted by Crippen LogP contribution is -2.09. The van der Waals surface area contributed by atoms with E-state index in [1.165, 1.54) is 11.3 Å². The van der Waals surface area contributed by atoms with Crippen LogP contribution in [0.2, 0.25) is 0 Å². The summed E-state index contributed by atoms with van der Waals surface area (Å²) in [4.78, 5) is 0.882. The normalized spacial score (nSPS) is 12.9. The van der Waals surface area contributed by atoms with Gasteiger partial charge in [0.15, 0.2) is 0 Å². The number of thiophene rings is 1. The zero-order valence-corrected chi connectivity index (χ0v) is 15.1. The highest BCUT2D eigenvalue weighted by atomic mass is 79.9. The number of hydrogen-bond donors (Lipinski definition) is 1. The zero-order chi connectivity index (χ0) is 13.3. The van der Waals surface area contributed by atoms with Crippen LogP contribution in [0, 0.1) is 0 Å². The van der Waals surface area contributed by atoms with Gasteiger partial charge in [0, 0.05) is 15.9 Å². The molecule has 1 unspecified atom stereocenters. The van der Waals surface area contributed by atoms with Gasteiger partial charge in [-0.05, 0) is 60.3 Å². The summed E-state index contributed by atoms with van der Waals surface area (Å²) in [7, 11) is 0. The van der Waals surface area contributed by atoms with E-state index in [1.807, 2.05) is 10.7 Å². The summed E-state index contributed by atoms with van der Waals surface area (Å²) < 4.78 is 4.62. The average Bonchev–Trinajstić information content (AvgIpc) is 2.84. The lowest BCUT2D eigenvalue weighted by molar-refractivity contribution is 0.210. The van der Waals surface area contributed by atoms with Crippen LogP contribution in [0.15, 0.2) is 25.0 Å². The molecule has 7 heteroatoms. The van der Waals surface area contributed by atoms with Crippen molar-refractivity contribution in [3.8, 4) is 0 Å². The average molecular weight is 459 g/mol. The van der Waals surface area contributed by atoms with Gasteiger partial charge in [-0.3, -0.25) is 4.68 Å². The topological polar surface area (TPSA) is 38.0 Å². The van der Waals surface area contributed by atoms with Crippen LogP contribution in [0.4, 0.5) is 0 Å². The van der Waals surface area contributed by atoms with Gasteiger partial charge in [0.25, 0.3) is 0 Å². The molecule has 1 N–H and O–H groups in total. The summed E-state index contributed by atoms with van der Waals surface area (Å²) >= 11 is 11.8. The fraction of sp³-hybridized carbons (Fsp3) is 0.364. The summed E-state index contributed by atoms with van der Waals surface area (Å²) in [5.74, 6) is 0. The summed E-state index contributed by atoms with van der Waals surface area (Å²) in [6.45, 7) is 2.88. The number of aryl methyl sites for hydroxylation is 1. The van der Waals surface area contributed by atoms with Gasteiger partial charge in [-0.25, -0.2) is 0 Å². The molecule has 98 valence electrons. The molecule has 2 aromatic rings. The molecule has 0 aromatic carbocycles. The largest absolute Gasteiger partial charge is 0.381 e. The van der Waals surface area contributed by atoms with Gasteiger partial charge in [0.2, 0.25) is 0 Å². The van der Waals surface area contributed by atoms with Crippen molar-refractivity contribution in [2.75, 3.05) is 0 Å². The first-order chi connectivity index (χ1) is 8.54. The maximum Gasteiger partial charge on any atom is 0.131 e. The first-order valence-corrected chi connectivity index (χ1v) is 8.58. The third-order valence-electron chi connectivity index (χ3n) is 2.46. The highest BCUT2D eigenvalue weighted by Gasteiger charge is 2.21. The van der Waals surface area contributed by atoms with Crippen LogP contribution in [0.25, 0.3) is 0 Å². The van der Waals surface area contributed by atoms with Crippen LogP contribution in [0.3, 0.4) is 0 Å². The lowest BCUT2D eigenvalue weighted by atomic mass is 10.2. The van der Waals surface area contributed by atoms with Crippen molar-refractivity contribution < 1.29 is 5.11 Å². The van der Waals surface area contributed by atoms with E-state index < -0.39 is 6.10 Å². The second-order valence-electron chi connectivity index (χ2n) is 3.77. The van der Waals surface area contributed by atoms with Crippen molar-refractivity contribution >= 4 is 59.1 Å². The van der Waals surface area contributed by atoms with Gasteiger partial charge in [-0.1, -0.05) is 6.92 Å². The smallest absolute Gasteiger partial charge is 0.131 e. The van der Waals surface area contributed by atoms with E-state index in [4.69, 9.17) is 0 Å². The maximum atomic E-state index is 10.5. The van der Waals surface area contributed by atoms with Crippen molar-refractivity contribution in [2.45, 2.75) is 26.0 Å². The van der Waals surface area contributed by atoms with E-state index in [0.717, 1.165) is 36.3 Å². The van der Waals surface area contributed by atoms with E-state index in [2.05, 4.69) is 59.8 Å². The Hall–Kier alpha value is 0.310. The summed E-state index contributed by atoms with van der Waals surface area (Å²) in [6, 6.07) is 1.93. The standard InChI is InChI=1S/C11H11Br3N2OS/c1-2-3-16-9(7(13)5-15-16)10(17)8-4-6(12)11(14)18-8/h4-5,10,17H,2-3H2,1H3. The Morgan fingerprint density at radius 3 is 2.67 bits per heavy atom. The molecule has 1 atom stereocenters. The SMILES string of the molecule is CCCn1ncc(Br)c1C(O)c1cc(Br)c(Br)s1. The second kappa shape index (κ2) is 6.17. The van der Waals surface area contributed by atoms with Crippen LogP contribution >= 0.6 is 59.1 Å². The van der Waals surface area contributed by atoms with Crippen molar-refractivity contribution in [3.05, 3.63) is 35.6 Å². The number of hydrogen-bond acceptors (Lipinski definition) is 3. The number of aromatic nitrogens is 2. The molecular weight excluding hydrogens is 448 g/mol. The highest BCUT2D eigenvalue weighted by molar-refractivity contribution is 9.13. The maximum absolute atomic E-state index is 10.5. The molecule has 2 rings (SSSR count). The Morgan fingerprint density at radius 1 is 1.39 bits per heavy atom. The molecule has 0 aliphatic rings. The minimum Gasteiger partial charge on any atom is -0.381 e. The van der Waals surface area contributed by atoms with Crippen LogP contribution in [-0.4, -0.2) is 14.9 Å². The van der Waals surface area contributed by atoms with E-state index in [1.54, 1.807) is 6.20 Å². The molecule has 0 aliphatic carbocycles. The quantitative estimate of drug-likeness (QED) is 0.719. The zero-order valence-electron chi connectivity index (χ0n) is 9.53. The van der Waals surface area contributed by atoms with Crippen LogP contribution in [-0.2, 0) is 6.54 Å².